The molecule has 5 heteroatoms. The molecule has 72 valence electrons. The van der Waals surface area contributed by atoms with E-state index >= 15 is 0 Å². The Morgan fingerprint density at radius 1 is 1.77 bits per heavy atom. The zero-order valence-electron chi connectivity index (χ0n) is 7.34. The van der Waals surface area contributed by atoms with Crippen LogP contribution in [0.15, 0.2) is 10.6 Å². The highest BCUT2D eigenvalue weighted by Gasteiger charge is 2.09. The Kier molecular flexibility index (Phi) is 3.95. The third-order valence-electron chi connectivity index (χ3n) is 1.45. The monoisotopic (exact) mass is 246 g/mol. The van der Waals surface area contributed by atoms with Gasteiger partial charge in [-0.25, -0.2) is 0 Å². The Morgan fingerprint density at radius 2 is 2.54 bits per heavy atom. The van der Waals surface area contributed by atoms with Crippen LogP contribution in [0.2, 0.25) is 0 Å². The molecule has 1 amide bonds. The summed E-state index contributed by atoms with van der Waals surface area (Å²) in [7, 11) is 0. The van der Waals surface area contributed by atoms with Crippen LogP contribution >= 0.6 is 15.9 Å². The van der Waals surface area contributed by atoms with Gasteiger partial charge in [-0.2, -0.15) is 0 Å². The van der Waals surface area contributed by atoms with Crippen molar-refractivity contribution in [3.8, 4) is 0 Å². The maximum atomic E-state index is 11.3. The highest BCUT2D eigenvalue weighted by atomic mass is 79.9. The van der Waals surface area contributed by atoms with Crippen molar-refractivity contribution in [2.75, 3.05) is 11.9 Å². The lowest BCUT2D eigenvalue weighted by Gasteiger charge is -1.98. The van der Waals surface area contributed by atoms with Gasteiger partial charge in [0.15, 0.2) is 0 Å². The van der Waals surface area contributed by atoms with E-state index in [9.17, 15) is 4.79 Å². The number of carbonyl (C=O) groups is 1. The predicted octanol–water partition coefficient (Wildman–Crippen LogP) is 1.50. The first-order valence-corrected chi connectivity index (χ1v) is 5.13. The zero-order valence-corrected chi connectivity index (χ0v) is 8.93. The summed E-state index contributed by atoms with van der Waals surface area (Å²) < 4.78 is 4.78. The molecule has 1 rings (SSSR count). The lowest BCUT2D eigenvalue weighted by atomic mass is 10.3. The molecule has 0 unspecified atom stereocenters. The molecule has 1 aromatic rings. The predicted molar refractivity (Wildman–Crippen MR) is 52.0 cm³/mol. The number of nitrogens with zero attached hydrogens (tertiary/aromatic N) is 1. The largest absolute Gasteiger partial charge is 0.351 e. The van der Waals surface area contributed by atoms with Crippen LogP contribution < -0.4 is 5.32 Å². The van der Waals surface area contributed by atoms with Gasteiger partial charge in [0.05, 0.1) is 5.69 Å². The van der Waals surface area contributed by atoms with Crippen molar-refractivity contribution in [3.05, 3.63) is 17.5 Å². The van der Waals surface area contributed by atoms with Gasteiger partial charge in [0.2, 0.25) is 5.76 Å². The van der Waals surface area contributed by atoms with E-state index in [1.54, 1.807) is 13.0 Å². The number of nitrogens with one attached hydrogen (secondary N) is 1. The molecule has 0 radical (unpaired) electrons. The van der Waals surface area contributed by atoms with Crippen molar-refractivity contribution < 1.29 is 9.32 Å². The molecule has 0 bridgehead atoms. The van der Waals surface area contributed by atoms with Gasteiger partial charge in [-0.05, 0) is 13.3 Å². The zero-order chi connectivity index (χ0) is 9.68. The number of hydrogen-bond donors (Lipinski definition) is 1. The number of alkyl halides is 1. The summed E-state index contributed by atoms with van der Waals surface area (Å²) in [6.45, 7) is 2.42. The van der Waals surface area contributed by atoms with Gasteiger partial charge in [-0.1, -0.05) is 21.1 Å². The van der Waals surface area contributed by atoms with Gasteiger partial charge in [-0.3, -0.25) is 4.79 Å². The number of rotatable bonds is 4. The van der Waals surface area contributed by atoms with Gasteiger partial charge >= 0.3 is 0 Å². The molecule has 0 spiro atoms. The van der Waals surface area contributed by atoms with Gasteiger partial charge in [0, 0.05) is 17.9 Å². The Morgan fingerprint density at radius 3 is 3.08 bits per heavy atom. The summed E-state index contributed by atoms with van der Waals surface area (Å²) >= 11 is 3.27. The highest BCUT2D eigenvalue weighted by Crippen LogP contribution is 2.01. The highest BCUT2D eigenvalue weighted by molar-refractivity contribution is 9.09. The Balaban J connectivity index is 2.40. The number of aryl methyl sites for hydroxylation is 1. The molecule has 0 aliphatic heterocycles. The van der Waals surface area contributed by atoms with Gasteiger partial charge in [-0.15, -0.1) is 0 Å². The van der Waals surface area contributed by atoms with E-state index in [1.165, 1.54) is 0 Å². The summed E-state index contributed by atoms with van der Waals surface area (Å²) in [6.07, 6.45) is 0.902. The topological polar surface area (TPSA) is 55.1 Å². The molecule has 0 aromatic carbocycles. The number of halogens is 1. The maximum absolute atomic E-state index is 11.3. The van der Waals surface area contributed by atoms with E-state index in [1.807, 2.05) is 0 Å². The van der Waals surface area contributed by atoms with Crippen molar-refractivity contribution >= 4 is 21.8 Å². The lowest BCUT2D eigenvalue weighted by molar-refractivity contribution is 0.0917. The third kappa shape index (κ3) is 3.18. The second-order valence-electron chi connectivity index (χ2n) is 2.63. The molecule has 0 saturated heterocycles. The molecule has 0 aliphatic carbocycles. The SMILES string of the molecule is Cc1cc(C(=O)NCCCBr)on1. The van der Waals surface area contributed by atoms with Crippen molar-refractivity contribution in [2.24, 2.45) is 0 Å². The first-order valence-electron chi connectivity index (χ1n) is 4.01. The van der Waals surface area contributed by atoms with Crippen molar-refractivity contribution in [1.82, 2.24) is 10.5 Å². The Labute approximate surface area is 84.8 Å². The molecule has 4 nitrogen and oxygen atoms in total. The molecule has 0 aliphatic rings. The average Bonchev–Trinajstić information content (AvgIpc) is 2.52. The fourth-order valence-electron chi connectivity index (χ4n) is 0.826. The van der Waals surface area contributed by atoms with Gasteiger partial charge in [0.25, 0.3) is 5.91 Å². The second kappa shape index (κ2) is 5.01. The summed E-state index contributed by atoms with van der Waals surface area (Å²) in [5, 5.41) is 7.21. The molecular weight excluding hydrogens is 236 g/mol. The molecule has 0 fully saturated rings. The molecule has 0 saturated carbocycles. The van der Waals surface area contributed by atoms with Crippen LogP contribution in [0, 0.1) is 6.92 Å². The van der Waals surface area contributed by atoms with Crippen molar-refractivity contribution in [3.63, 3.8) is 0 Å². The van der Waals surface area contributed by atoms with E-state index in [0.717, 1.165) is 11.8 Å². The van der Waals surface area contributed by atoms with Crippen molar-refractivity contribution in [1.29, 1.82) is 0 Å². The number of carbonyl (C=O) groups excluding carboxylic acids is 1. The molecule has 1 N–H and O–H groups in total. The lowest BCUT2D eigenvalue weighted by Crippen LogP contribution is -2.24. The van der Waals surface area contributed by atoms with E-state index in [0.29, 0.717) is 12.2 Å². The van der Waals surface area contributed by atoms with E-state index in [4.69, 9.17) is 4.52 Å². The van der Waals surface area contributed by atoms with Crippen LogP contribution in [0.4, 0.5) is 0 Å². The molecule has 1 heterocycles. The molecule has 13 heavy (non-hydrogen) atoms. The third-order valence-corrected chi connectivity index (χ3v) is 2.01. The van der Waals surface area contributed by atoms with E-state index < -0.39 is 0 Å². The van der Waals surface area contributed by atoms with Crippen LogP contribution in [0.25, 0.3) is 0 Å². The second-order valence-corrected chi connectivity index (χ2v) is 3.42. The molecular formula is C8H11BrN2O2. The van der Waals surface area contributed by atoms with Crippen molar-refractivity contribution in [2.45, 2.75) is 13.3 Å². The summed E-state index contributed by atoms with van der Waals surface area (Å²) in [5.74, 6) is 0.0635. The van der Waals surface area contributed by atoms with Crippen LogP contribution in [-0.4, -0.2) is 22.9 Å². The fraction of sp³-hybridized carbons (Fsp3) is 0.500. The van der Waals surface area contributed by atoms with Crippen LogP contribution in [0.5, 0.6) is 0 Å². The minimum atomic E-state index is -0.207. The normalized spacial score (nSPS) is 10.0. The van der Waals surface area contributed by atoms with Crippen LogP contribution in [-0.2, 0) is 0 Å². The average molecular weight is 247 g/mol. The Bertz CT molecular complexity index is 285. The smallest absolute Gasteiger partial charge is 0.289 e. The standard InChI is InChI=1S/C8H11BrN2O2/c1-6-5-7(13-11-6)8(12)10-4-2-3-9/h5H,2-4H2,1H3,(H,10,12). The first-order chi connectivity index (χ1) is 6.24. The number of aromatic nitrogens is 1. The quantitative estimate of drug-likeness (QED) is 0.647. The van der Waals surface area contributed by atoms with Gasteiger partial charge in [0.1, 0.15) is 0 Å². The summed E-state index contributed by atoms with van der Waals surface area (Å²) in [4.78, 5) is 11.3. The first kappa shape index (κ1) is 10.2. The summed E-state index contributed by atoms with van der Waals surface area (Å²) in [5.41, 5.74) is 0.714. The minimum Gasteiger partial charge on any atom is -0.351 e. The Hall–Kier alpha value is -0.840. The number of hydrogen-bond acceptors (Lipinski definition) is 3. The van der Waals surface area contributed by atoms with E-state index in [-0.39, 0.29) is 11.7 Å². The van der Waals surface area contributed by atoms with Gasteiger partial charge < -0.3 is 9.84 Å². The minimum absolute atomic E-state index is 0.207. The number of amides is 1. The van der Waals surface area contributed by atoms with E-state index in [2.05, 4.69) is 26.4 Å². The van der Waals surface area contributed by atoms with Crippen LogP contribution in [0.3, 0.4) is 0 Å². The maximum Gasteiger partial charge on any atom is 0.289 e. The fourth-order valence-corrected chi connectivity index (χ4v) is 1.11. The van der Waals surface area contributed by atoms with Crippen LogP contribution in [0.1, 0.15) is 22.7 Å². The molecule has 1 aromatic heterocycles. The molecule has 0 atom stereocenters. The summed E-state index contributed by atoms with van der Waals surface area (Å²) in [6, 6.07) is 1.61.